The van der Waals surface area contributed by atoms with Gasteiger partial charge in [0.05, 0.1) is 11.9 Å². The maximum Gasteiger partial charge on any atom is 0.225 e. The number of hydrogen-bond acceptors (Lipinski definition) is 5. The molecule has 0 unspecified atom stereocenters. The van der Waals surface area contributed by atoms with Crippen molar-refractivity contribution in [2.45, 2.75) is 45.6 Å². The topological polar surface area (TPSA) is 75.9 Å². The largest absolute Gasteiger partial charge is 0.394 e. The molecule has 1 saturated carbocycles. The zero-order valence-corrected chi connectivity index (χ0v) is 14.4. The number of benzene rings is 1. The van der Waals surface area contributed by atoms with Crippen LogP contribution in [0.3, 0.4) is 0 Å². The molecule has 0 radical (unpaired) electrons. The van der Waals surface area contributed by atoms with Crippen LogP contribution in [0.5, 0.6) is 0 Å². The van der Waals surface area contributed by atoms with Crippen LogP contribution < -0.4 is 16.4 Å². The molecule has 24 heavy (non-hydrogen) atoms. The fourth-order valence-corrected chi connectivity index (χ4v) is 3.23. The van der Waals surface area contributed by atoms with Crippen molar-refractivity contribution in [2.24, 2.45) is 5.92 Å². The highest BCUT2D eigenvalue weighted by atomic mass is 15.1. The molecule has 5 heteroatoms. The molecule has 1 aliphatic carbocycles. The molecule has 3 rings (SSSR count). The molecular formula is C19H27N5. The Kier molecular flexibility index (Phi) is 5.51. The lowest BCUT2D eigenvalue weighted by atomic mass is 9.89. The first kappa shape index (κ1) is 16.6. The van der Waals surface area contributed by atoms with Gasteiger partial charge >= 0.3 is 0 Å². The Labute approximate surface area is 144 Å². The van der Waals surface area contributed by atoms with Crippen molar-refractivity contribution in [2.75, 3.05) is 22.9 Å². The van der Waals surface area contributed by atoms with E-state index in [4.69, 9.17) is 5.73 Å². The average Bonchev–Trinajstić information content (AvgIpc) is 2.62. The summed E-state index contributed by atoms with van der Waals surface area (Å²) in [5, 5.41) is 6.71. The number of nitrogens with one attached hydrogen (secondary N) is 2. The smallest absolute Gasteiger partial charge is 0.225 e. The minimum atomic E-state index is 0.604. The highest BCUT2D eigenvalue weighted by Gasteiger charge is 2.14. The lowest BCUT2D eigenvalue weighted by molar-refractivity contribution is 0.373. The molecule has 1 aliphatic rings. The van der Waals surface area contributed by atoms with Crippen LogP contribution in [0.2, 0.25) is 0 Å². The van der Waals surface area contributed by atoms with Crippen molar-refractivity contribution >= 4 is 17.5 Å². The van der Waals surface area contributed by atoms with E-state index in [-0.39, 0.29) is 0 Å². The van der Waals surface area contributed by atoms with E-state index in [1.165, 1.54) is 43.2 Å². The molecule has 2 aromatic rings. The maximum absolute atomic E-state index is 6.02. The molecule has 1 fully saturated rings. The number of aryl methyl sites for hydroxylation is 1. The summed E-state index contributed by atoms with van der Waals surface area (Å²) in [5.41, 5.74) is 9.13. The fraction of sp³-hybridized carbons (Fsp3) is 0.474. The van der Waals surface area contributed by atoms with Crippen molar-refractivity contribution in [3.8, 4) is 0 Å². The molecule has 0 amide bonds. The number of hydrogen-bond donors (Lipinski definition) is 3. The van der Waals surface area contributed by atoms with Gasteiger partial charge < -0.3 is 16.4 Å². The maximum atomic E-state index is 6.02. The second kappa shape index (κ2) is 7.99. The second-order valence-corrected chi connectivity index (χ2v) is 6.66. The van der Waals surface area contributed by atoms with Gasteiger partial charge in [-0.05, 0) is 36.8 Å². The van der Waals surface area contributed by atoms with Crippen molar-refractivity contribution < 1.29 is 0 Å². The quantitative estimate of drug-likeness (QED) is 0.749. The molecule has 4 N–H and O–H groups in total. The first-order valence-electron chi connectivity index (χ1n) is 8.87. The Morgan fingerprint density at radius 1 is 1.12 bits per heavy atom. The van der Waals surface area contributed by atoms with E-state index in [0.29, 0.717) is 18.2 Å². The first-order valence-corrected chi connectivity index (χ1v) is 8.87. The van der Waals surface area contributed by atoms with Crippen LogP contribution in [0.1, 0.15) is 43.2 Å². The monoisotopic (exact) mass is 325 g/mol. The summed E-state index contributed by atoms with van der Waals surface area (Å²) in [4.78, 5) is 8.83. The minimum Gasteiger partial charge on any atom is -0.394 e. The highest BCUT2D eigenvalue weighted by Crippen LogP contribution is 2.25. The van der Waals surface area contributed by atoms with Gasteiger partial charge in [-0.3, -0.25) is 0 Å². The molecule has 0 bridgehead atoms. The average molecular weight is 325 g/mol. The highest BCUT2D eigenvalue weighted by molar-refractivity contribution is 5.61. The van der Waals surface area contributed by atoms with Crippen molar-refractivity contribution in [1.29, 1.82) is 0 Å². The predicted octanol–water partition coefficient (Wildman–Crippen LogP) is 3.97. The fourth-order valence-electron chi connectivity index (χ4n) is 3.23. The molecular weight excluding hydrogens is 298 g/mol. The Balaban J connectivity index is 1.59. The normalized spacial score (nSPS) is 15.2. The summed E-state index contributed by atoms with van der Waals surface area (Å²) in [7, 11) is 0. The number of nitrogen functional groups attached to an aromatic ring is 1. The van der Waals surface area contributed by atoms with Gasteiger partial charge in [0.15, 0.2) is 5.82 Å². The Morgan fingerprint density at radius 3 is 2.71 bits per heavy atom. The minimum absolute atomic E-state index is 0.604. The van der Waals surface area contributed by atoms with Gasteiger partial charge in [0.1, 0.15) is 0 Å². The van der Waals surface area contributed by atoms with Gasteiger partial charge in [-0.15, -0.1) is 0 Å². The van der Waals surface area contributed by atoms with E-state index in [1.807, 2.05) is 12.1 Å². The Morgan fingerprint density at radius 2 is 1.92 bits per heavy atom. The van der Waals surface area contributed by atoms with Crippen molar-refractivity contribution in [3.05, 3.63) is 41.6 Å². The van der Waals surface area contributed by atoms with Gasteiger partial charge in [-0.2, -0.15) is 4.98 Å². The van der Waals surface area contributed by atoms with Gasteiger partial charge in [0.2, 0.25) is 5.95 Å². The predicted molar refractivity (Wildman–Crippen MR) is 100 cm³/mol. The number of nitrogens with zero attached hydrogens (tertiary/aromatic N) is 2. The third-order valence-electron chi connectivity index (χ3n) is 4.80. The second-order valence-electron chi connectivity index (χ2n) is 6.66. The summed E-state index contributed by atoms with van der Waals surface area (Å²) < 4.78 is 0. The zero-order valence-electron chi connectivity index (χ0n) is 14.4. The Hall–Kier alpha value is -2.30. The molecule has 5 nitrogen and oxygen atoms in total. The molecule has 0 saturated heterocycles. The Bertz CT molecular complexity index is 665. The number of nitrogens with two attached hydrogens (primary N) is 1. The molecule has 1 aromatic carbocycles. The number of rotatable bonds is 6. The van der Waals surface area contributed by atoms with E-state index in [2.05, 4.69) is 39.7 Å². The van der Waals surface area contributed by atoms with Crippen LogP contribution in [0, 0.1) is 12.8 Å². The van der Waals surface area contributed by atoms with E-state index < -0.39 is 0 Å². The summed E-state index contributed by atoms with van der Waals surface area (Å²) in [6.07, 6.45) is 8.34. The SMILES string of the molecule is Cc1ccccc1CNc1ncc(N)c(NCC2CCCCC2)n1. The zero-order chi connectivity index (χ0) is 16.8. The summed E-state index contributed by atoms with van der Waals surface area (Å²) >= 11 is 0. The molecule has 0 aliphatic heterocycles. The number of aromatic nitrogens is 2. The van der Waals surface area contributed by atoms with Crippen LogP contribution in [0.4, 0.5) is 17.5 Å². The van der Waals surface area contributed by atoms with Crippen LogP contribution in [-0.4, -0.2) is 16.5 Å². The van der Waals surface area contributed by atoms with Gasteiger partial charge in [0.25, 0.3) is 0 Å². The summed E-state index contributed by atoms with van der Waals surface area (Å²) in [6.45, 7) is 3.76. The molecule has 128 valence electrons. The molecule has 0 atom stereocenters. The summed E-state index contributed by atoms with van der Waals surface area (Å²) in [6, 6.07) is 8.32. The van der Waals surface area contributed by atoms with Crippen molar-refractivity contribution in [1.82, 2.24) is 9.97 Å². The third kappa shape index (κ3) is 4.37. The number of anilines is 3. The lowest BCUT2D eigenvalue weighted by Crippen LogP contribution is -2.19. The first-order chi connectivity index (χ1) is 11.7. The van der Waals surface area contributed by atoms with Gasteiger partial charge in [0, 0.05) is 13.1 Å². The van der Waals surface area contributed by atoms with Crippen LogP contribution in [0.25, 0.3) is 0 Å². The van der Waals surface area contributed by atoms with E-state index in [1.54, 1.807) is 6.20 Å². The van der Waals surface area contributed by atoms with E-state index in [9.17, 15) is 0 Å². The van der Waals surface area contributed by atoms with E-state index >= 15 is 0 Å². The third-order valence-corrected chi connectivity index (χ3v) is 4.80. The summed E-state index contributed by atoms with van der Waals surface area (Å²) in [5.74, 6) is 2.08. The van der Waals surface area contributed by atoms with Crippen molar-refractivity contribution in [3.63, 3.8) is 0 Å². The molecule has 1 aromatic heterocycles. The van der Waals surface area contributed by atoms with E-state index in [0.717, 1.165) is 18.3 Å². The lowest BCUT2D eigenvalue weighted by Gasteiger charge is -2.22. The van der Waals surface area contributed by atoms with Gasteiger partial charge in [-0.25, -0.2) is 4.98 Å². The standard InChI is InChI=1S/C19H27N5/c1-14-7-5-6-10-16(14)12-22-19-23-13-17(20)18(24-19)21-11-15-8-3-2-4-9-15/h5-7,10,13,15H,2-4,8-9,11-12,20H2,1H3,(H2,21,22,23,24). The van der Waals surface area contributed by atoms with Crippen LogP contribution in [-0.2, 0) is 6.54 Å². The van der Waals surface area contributed by atoms with Gasteiger partial charge in [-0.1, -0.05) is 43.5 Å². The molecule has 0 spiro atoms. The van der Waals surface area contributed by atoms with Crippen LogP contribution in [0.15, 0.2) is 30.5 Å². The molecule has 1 heterocycles. The van der Waals surface area contributed by atoms with Crippen LogP contribution >= 0.6 is 0 Å².